The van der Waals surface area contributed by atoms with Crippen LogP contribution in [0.25, 0.3) is 22.8 Å². The summed E-state index contributed by atoms with van der Waals surface area (Å²) in [7, 11) is -5.95. The third kappa shape index (κ3) is 5.98. The summed E-state index contributed by atoms with van der Waals surface area (Å²) in [6.45, 7) is 3.77. The number of H-pyrrole nitrogens is 2. The summed E-state index contributed by atoms with van der Waals surface area (Å²) < 4.78 is 55.4. The maximum Gasteiger partial charge on any atom is 0.224 e. The fraction of sp³-hybridized carbons (Fsp3) is 0.0625. The van der Waals surface area contributed by atoms with Crippen LogP contribution >= 0.6 is 21.6 Å². The predicted molar refractivity (Wildman–Crippen MR) is 173 cm³/mol. The summed E-state index contributed by atoms with van der Waals surface area (Å²) in [5, 5.41) is 0.189. The summed E-state index contributed by atoms with van der Waals surface area (Å²) >= 11 is 0. The summed E-state index contributed by atoms with van der Waals surface area (Å²) in [5.41, 5.74) is 3.27. The van der Waals surface area contributed by atoms with Crippen LogP contribution in [0.15, 0.2) is 139 Å². The molecule has 4 aromatic carbocycles. The third-order valence-corrected chi connectivity index (χ3v) is 12.7. The van der Waals surface area contributed by atoms with Crippen LogP contribution < -0.4 is 0 Å². The van der Waals surface area contributed by atoms with E-state index in [1.165, 1.54) is 0 Å². The van der Waals surface area contributed by atoms with Crippen LogP contribution in [0.5, 0.6) is 0 Å². The van der Waals surface area contributed by atoms with Crippen molar-refractivity contribution in [1.82, 2.24) is 19.9 Å². The van der Waals surface area contributed by atoms with Crippen LogP contribution in [-0.4, -0.2) is 36.8 Å². The SMILES string of the molecule is Cc1ccc(S(=O)(=O)c2[nH]c(-c3ccccc3)nc2SSc2nc(-c3ccccc3)[nH]c2S(=O)(=O)c2ccc(C)cc2)cc1. The number of rotatable bonds is 9. The highest BCUT2D eigenvalue weighted by atomic mass is 33.1. The first-order valence-corrected chi connectivity index (χ1v) is 18.5. The Morgan fingerprint density at radius 2 is 0.841 bits per heavy atom. The number of aromatic amines is 2. The minimum Gasteiger partial charge on any atom is -0.328 e. The molecule has 8 nitrogen and oxygen atoms in total. The van der Waals surface area contributed by atoms with Gasteiger partial charge in [-0.3, -0.25) is 0 Å². The second-order valence-electron chi connectivity index (χ2n) is 9.97. The maximum absolute atomic E-state index is 13.8. The maximum atomic E-state index is 13.8. The second-order valence-corrected chi connectivity index (χ2v) is 15.9. The molecule has 0 aliphatic carbocycles. The number of nitrogens with one attached hydrogen (secondary N) is 2. The van der Waals surface area contributed by atoms with Gasteiger partial charge in [0.05, 0.1) is 9.79 Å². The standard InChI is InChI=1S/C32H26N4O4S4/c1-21-13-17-25(18-14-21)43(37,38)31-29(33-27(35-31)23-9-5-3-6-10-23)41-42-30-32(36-28(34-30)24-11-7-4-8-12-24)44(39,40)26-19-15-22(2)16-20-26/h3-20H,1-2H3,(H,33,35)(H,34,36). The monoisotopic (exact) mass is 658 g/mol. The summed E-state index contributed by atoms with van der Waals surface area (Å²) in [6.07, 6.45) is 0. The topological polar surface area (TPSA) is 126 Å². The van der Waals surface area contributed by atoms with E-state index in [-0.39, 0.29) is 29.9 Å². The Balaban J connectivity index is 1.43. The van der Waals surface area contributed by atoms with Crippen molar-refractivity contribution in [2.45, 2.75) is 43.7 Å². The van der Waals surface area contributed by atoms with Crippen molar-refractivity contribution in [2.75, 3.05) is 0 Å². The van der Waals surface area contributed by atoms with E-state index in [0.717, 1.165) is 32.7 Å². The first-order chi connectivity index (χ1) is 21.1. The molecular weight excluding hydrogens is 633 g/mol. The first-order valence-electron chi connectivity index (χ1n) is 13.4. The van der Waals surface area contributed by atoms with Gasteiger partial charge in [-0.2, -0.15) is 0 Å². The molecule has 0 aliphatic rings. The molecule has 2 heterocycles. The van der Waals surface area contributed by atoms with Crippen LogP contribution in [0.4, 0.5) is 0 Å². The smallest absolute Gasteiger partial charge is 0.224 e. The summed E-state index contributed by atoms with van der Waals surface area (Å²) in [4.78, 5) is 15.6. The minimum atomic E-state index is -4.00. The van der Waals surface area contributed by atoms with Gasteiger partial charge in [-0.05, 0) is 59.7 Å². The molecule has 0 unspecified atom stereocenters. The average molecular weight is 659 g/mol. The molecule has 0 saturated carbocycles. The largest absolute Gasteiger partial charge is 0.328 e. The molecule has 222 valence electrons. The predicted octanol–water partition coefficient (Wildman–Crippen LogP) is 7.55. The summed E-state index contributed by atoms with van der Waals surface area (Å²) in [6, 6.07) is 31.6. The van der Waals surface area contributed by atoms with Gasteiger partial charge in [-0.25, -0.2) is 26.8 Å². The Morgan fingerprint density at radius 1 is 0.500 bits per heavy atom. The fourth-order valence-corrected chi connectivity index (χ4v) is 9.94. The van der Waals surface area contributed by atoms with Crippen LogP contribution in [0.2, 0.25) is 0 Å². The second kappa shape index (κ2) is 12.1. The molecule has 0 aliphatic heterocycles. The van der Waals surface area contributed by atoms with Crippen molar-refractivity contribution in [1.29, 1.82) is 0 Å². The van der Waals surface area contributed by atoms with Crippen LogP contribution in [0.3, 0.4) is 0 Å². The molecule has 0 radical (unpaired) electrons. The number of imidazole rings is 2. The Kier molecular flexibility index (Phi) is 8.25. The number of sulfone groups is 2. The summed E-state index contributed by atoms with van der Waals surface area (Å²) in [5.74, 6) is 0.748. The lowest BCUT2D eigenvalue weighted by molar-refractivity contribution is 0.588. The average Bonchev–Trinajstić information content (AvgIpc) is 3.67. The van der Waals surface area contributed by atoms with E-state index in [9.17, 15) is 16.8 Å². The number of nitrogens with zero attached hydrogens (tertiary/aromatic N) is 2. The zero-order valence-corrected chi connectivity index (χ0v) is 26.8. The van der Waals surface area contributed by atoms with Crippen molar-refractivity contribution in [3.63, 3.8) is 0 Å². The number of aromatic nitrogens is 4. The molecule has 6 aromatic rings. The number of hydrogen-bond acceptors (Lipinski definition) is 8. The van der Waals surface area contributed by atoms with Crippen molar-refractivity contribution in [3.8, 4) is 22.8 Å². The number of benzene rings is 4. The molecule has 2 N–H and O–H groups in total. The van der Waals surface area contributed by atoms with Crippen molar-refractivity contribution < 1.29 is 16.8 Å². The molecule has 0 amide bonds. The highest BCUT2D eigenvalue weighted by molar-refractivity contribution is 8.76. The highest BCUT2D eigenvalue weighted by Gasteiger charge is 2.30. The van der Waals surface area contributed by atoms with Crippen LogP contribution in [-0.2, 0) is 19.7 Å². The molecule has 6 rings (SSSR count). The Labute approximate surface area is 263 Å². The Morgan fingerprint density at radius 3 is 1.18 bits per heavy atom. The molecule has 2 aromatic heterocycles. The van der Waals surface area contributed by atoms with Crippen molar-refractivity contribution >= 4 is 41.3 Å². The van der Waals surface area contributed by atoms with E-state index in [2.05, 4.69) is 19.9 Å². The van der Waals surface area contributed by atoms with Gasteiger partial charge in [0.25, 0.3) is 0 Å². The Bertz CT molecular complexity index is 1990. The zero-order valence-electron chi connectivity index (χ0n) is 23.6. The molecule has 0 fully saturated rings. The van der Waals surface area contributed by atoms with E-state index in [1.54, 1.807) is 48.5 Å². The van der Waals surface area contributed by atoms with E-state index in [0.29, 0.717) is 22.8 Å². The molecule has 0 atom stereocenters. The highest BCUT2D eigenvalue weighted by Crippen LogP contribution is 2.44. The van der Waals surface area contributed by atoms with E-state index in [1.807, 2.05) is 74.5 Å². The van der Waals surface area contributed by atoms with Crippen molar-refractivity contribution in [3.05, 3.63) is 120 Å². The van der Waals surface area contributed by atoms with Crippen molar-refractivity contribution in [2.24, 2.45) is 0 Å². The Hall–Kier alpha value is -4.10. The van der Waals surface area contributed by atoms with Crippen LogP contribution in [0, 0.1) is 13.8 Å². The molecule has 44 heavy (non-hydrogen) atoms. The number of hydrogen-bond donors (Lipinski definition) is 2. The van der Waals surface area contributed by atoms with E-state index >= 15 is 0 Å². The lowest BCUT2D eigenvalue weighted by Gasteiger charge is -2.06. The van der Waals surface area contributed by atoms with Gasteiger partial charge in [0.1, 0.15) is 21.7 Å². The van der Waals surface area contributed by atoms with E-state index < -0.39 is 19.7 Å². The molecule has 12 heteroatoms. The van der Waals surface area contributed by atoms with Gasteiger partial charge < -0.3 is 9.97 Å². The lowest BCUT2D eigenvalue weighted by atomic mass is 10.2. The lowest BCUT2D eigenvalue weighted by Crippen LogP contribution is -2.04. The zero-order chi connectivity index (χ0) is 30.9. The molecule has 0 saturated heterocycles. The van der Waals surface area contributed by atoms with Crippen LogP contribution in [0.1, 0.15) is 11.1 Å². The number of aryl methyl sites for hydroxylation is 2. The van der Waals surface area contributed by atoms with E-state index in [4.69, 9.17) is 0 Å². The third-order valence-electron chi connectivity index (χ3n) is 6.77. The fourth-order valence-electron chi connectivity index (χ4n) is 4.37. The quantitative estimate of drug-likeness (QED) is 0.153. The van der Waals surface area contributed by atoms with Gasteiger partial charge >= 0.3 is 0 Å². The minimum absolute atomic E-state index is 0.0838. The van der Waals surface area contributed by atoms with Gasteiger partial charge in [0.15, 0.2) is 10.1 Å². The van der Waals surface area contributed by atoms with Gasteiger partial charge in [0.2, 0.25) is 19.7 Å². The molecule has 0 bridgehead atoms. The first kappa shape index (κ1) is 29.9. The normalized spacial score (nSPS) is 12.0. The molecular formula is C32H26N4O4S4. The molecule has 0 spiro atoms. The van der Waals surface area contributed by atoms with Gasteiger partial charge in [-0.15, -0.1) is 0 Å². The van der Waals surface area contributed by atoms with Gasteiger partial charge in [0, 0.05) is 11.1 Å². The van der Waals surface area contributed by atoms with Gasteiger partial charge in [-0.1, -0.05) is 96.1 Å².